The van der Waals surface area contributed by atoms with Crippen LogP contribution in [0.4, 0.5) is 5.69 Å². The van der Waals surface area contributed by atoms with Crippen LogP contribution in [0.1, 0.15) is 38.8 Å². The zero-order valence-corrected chi connectivity index (χ0v) is 18.2. The molecule has 0 bridgehead atoms. The summed E-state index contributed by atoms with van der Waals surface area (Å²) in [7, 11) is 0. The van der Waals surface area contributed by atoms with E-state index in [0.717, 1.165) is 5.56 Å². The van der Waals surface area contributed by atoms with E-state index in [1.165, 1.54) is 22.0 Å². The molecular formula is C22H24N6OS. The van der Waals surface area contributed by atoms with Crippen LogP contribution in [0.25, 0.3) is 11.4 Å². The molecule has 30 heavy (non-hydrogen) atoms. The van der Waals surface area contributed by atoms with Crippen LogP contribution in [0, 0.1) is 11.3 Å². The number of rotatable bonds is 5. The topological polar surface area (TPSA) is 110 Å². The monoisotopic (exact) mass is 420 g/mol. The maximum absolute atomic E-state index is 12.5. The van der Waals surface area contributed by atoms with Crippen LogP contribution in [-0.4, -0.2) is 26.0 Å². The van der Waals surface area contributed by atoms with Crippen molar-refractivity contribution in [1.29, 1.82) is 5.26 Å². The van der Waals surface area contributed by atoms with Crippen molar-refractivity contribution in [3.8, 4) is 17.5 Å². The number of anilines is 1. The molecular weight excluding hydrogens is 396 g/mol. The minimum Gasteiger partial charge on any atom is -0.335 e. The van der Waals surface area contributed by atoms with Gasteiger partial charge in [0, 0.05) is 11.3 Å². The van der Waals surface area contributed by atoms with Gasteiger partial charge in [0.2, 0.25) is 11.1 Å². The molecule has 0 aliphatic rings. The predicted octanol–water partition coefficient (Wildman–Crippen LogP) is 3.95. The normalized spacial score (nSPS) is 12.2. The van der Waals surface area contributed by atoms with Crippen LogP contribution < -0.4 is 11.2 Å². The largest absolute Gasteiger partial charge is 0.335 e. The van der Waals surface area contributed by atoms with E-state index in [1.807, 2.05) is 12.1 Å². The highest BCUT2D eigenvalue weighted by Gasteiger charge is 2.21. The van der Waals surface area contributed by atoms with Crippen LogP contribution in [0.15, 0.2) is 53.7 Å². The number of benzene rings is 2. The zero-order valence-electron chi connectivity index (χ0n) is 17.4. The Bertz CT molecular complexity index is 1090. The molecule has 1 atom stereocenters. The summed E-state index contributed by atoms with van der Waals surface area (Å²) in [6.45, 7) is 8.24. The molecule has 1 unspecified atom stereocenters. The lowest BCUT2D eigenvalue weighted by Gasteiger charge is -2.19. The van der Waals surface area contributed by atoms with Crippen molar-refractivity contribution < 1.29 is 4.79 Å². The van der Waals surface area contributed by atoms with Gasteiger partial charge in [-0.15, -0.1) is 10.2 Å². The fraction of sp³-hybridized carbons (Fsp3) is 0.273. The third-order valence-electron chi connectivity index (χ3n) is 4.58. The van der Waals surface area contributed by atoms with Crippen molar-refractivity contribution in [2.24, 2.45) is 0 Å². The molecule has 0 aliphatic heterocycles. The molecule has 0 spiro atoms. The third kappa shape index (κ3) is 4.81. The SMILES string of the molecule is CC(Sc1nnc(-c2ccc(C(C)(C)C)cc2)n1N)C(=O)Nc1cccc(C#N)c1. The van der Waals surface area contributed by atoms with Crippen LogP contribution >= 0.6 is 11.8 Å². The van der Waals surface area contributed by atoms with Gasteiger partial charge in [0.05, 0.1) is 16.9 Å². The lowest BCUT2D eigenvalue weighted by Crippen LogP contribution is -2.23. The Balaban J connectivity index is 1.71. The van der Waals surface area contributed by atoms with Gasteiger partial charge in [-0.25, -0.2) is 4.68 Å². The summed E-state index contributed by atoms with van der Waals surface area (Å²) in [5.74, 6) is 6.52. The number of hydrogen-bond donors (Lipinski definition) is 2. The summed E-state index contributed by atoms with van der Waals surface area (Å²) in [5, 5.41) is 20.1. The number of carbonyl (C=O) groups is 1. The average Bonchev–Trinajstić information content (AvgIpc) is 3.07. The minimum atomic E-state index is -0.460. The summed E-state index contributed by atoms with van der Waals surface area (Å²) < 4.78 is 1.40. The lowest BCUT2D eigenvalue weighted by atomic mass is 9.87. The number of hydrogen-bond acceptors (Lipinski definition) is 6. The van der Waals surface area contributed by atoms with Crippen molar-refractivity contribution >= 4 is 23.4 Å². The van der Waals surface area contributed by atoms with Gasteiger partial charge in [0.25, 0.3) is 0 Å². The highest BCUT2D eigenvalue weighted by molar-refractivity contribution is 8.00. The predicted molar refractivity (Wildman–Crippen MR) is 119 cm³/mol. The summed E-state index contributed by atoms with van der Waals surface area (Å²) in [6.07, 6.45) is 0. The van der Waals surface area contributed by atoms with Crippen molar-refractivity contribution in [3.63, 3.8) is 0 Å². The van der Waals surface area contributed by atoms with Gasteiger partial charge >= 0.3 is 0 Å². The lowest BCUT2D eigenvalue weighted by molar-refractivity contribution is -0.115. The number of nitriles is 1. The van der Waals surface area contributed by atoms with E-state index in [1.54, 1.807) is 31.2 Å². The molecule has 0 fully saturated rings. The molecule has 3 aromatic rings. The van der Waals surface area contributed by atoms with E-state index >= 15 is 0 Å². The number of nitrogens with zero attached hydrogens (tertiary/aromatic N) is 4. The van der Waals surface area contributed by atoms with Crippen molar-refractivity contribution in [3.05, 3.63) is 59.7 Å². The fourth-order valence-corrected chi connectivity index (χ4v) is 3.57. The van der Waals surface area contributed by atoms with Gasteiger partial charge in [-0.05, 0) is 36.1 Å². The van der Waals surface area contributed by atoms with Gasteiger partial charge in [0.15, 0.2) is 5.82 Å². The number of aromatic nitrogens is 3. The van der Waals surface area contributed by atoms with Crippen LogP contribution in [0.5, 0.6) is 0 Å². The standard InChI is InChI=1S/C22H24N6OS/c1-14(20(29)25-18-7-5-6-15(12-18)13-23)30-21-27-26-19(28(21)24)16-8-10-17(11-9-16)22(2,3)4/h5-12,14H,24H2,1-4H3,(H,25,29). The van der Waals surface area contributed by atoms with Crippen molar-refractivity contribution in [2.45, 2.75) is 43.5 Å². The summed E-state index contributed by atoms with van der Waals surface area (Å²) in [5.41, 5.74) is 3.19. The first kappa shape index (κ1) is 21.4. The first-order valence-corrected chi connectivity index (χ1v) is 10.4. The number of nitrogens with one attached hydrogen (secondary N) is 1. The zero-order chi connectivity index (χ0) is 21.9. The number of carbonyl (C=O) groups excluding carboxylic acids is 1. The second kappa shape index (κ2) is 8.59. The van der Waals surface area contributed by atoms with E-state index in [-0.39, 0.29) is 11.3 Å². The molecule has 0 saturated heterocycles. The highest BCUT2D eigenvalue weighted by atomic mass is 32.2. The molecule has 1 aromatic heterocycles. The summed E-state index contributed by atoms with van der Waals surface area (Å²) in [4.78, 5) is 12.5. The smallest absolute Gasteiger partial charge is 0.237 e. The number of nitrogens with two attached hydrogens (primary N) is 1. The quantitative estimate of drug-likeness (QED) is 0.478. The molecule has 0 radical (unpaired) electrons. The summed E-state index contributed by atoms with van der Waals surface area (Å²) >= 11 is 1.22. The van der Waals surface area contributed by atoms with Gasteiger partial charge in [0.1, 0.15) is 0 Å². The molecule has 8 heteroatoms. The number of amides is 1. The maximum atomic E-state index is 12.5. The van der Waals surface area contributed by atoms with E-state index in [2.05, 4.69) is 54.5 Å². The second-order valence-electron chi connectivity index (χ2n) is 7.95. The number of thioether (sulfide) groups is 1. The van der Waals surface area contributed by atoms with Crippen LogP contribution in [0.2, 0.25) is 0 Å². The van der Waals surface area contributed by atoms with Gasteiger partial charge in [-0.3, -0.25) is 4.79 Å². The van der Waals surface area contributed by atoms with Gasteiger partial charge in [-0.2, -0.15) is 5.26 Å². The first-order chi connectivity index (χ1) is 14.2. The molecule has 3 rings (SSSR count). The molecule has 0 saturated carbocycles. The van der Waals surface area contributed by atoms with Crippen molar-refractivity contribution in [1.82, 2.24) is 14.9 Å². The average molecular weight is 421 g/mol. The Morgan fingerprint density at radius 2 is 1.90 bits per heavy atom. The third-order valence-corrected chi connectivity index (χ3v) is 5.64. The van der Waals surface area contributed by atoms with Crippen LogP contribution in [-0.2, 0) is 10.2 Å². The van der Waals surface area contributed by atoms with Crippen LogP contribution in [0.3, 0.4) is 0 Å². The minimum absolute atomic E-state index is 0.0610. The Morgan fingerprint density at radius 3 is 2.53 bits per heavy atom. The highest BCUT2D eigenvalue weighted by Crippen LogP contribution is 2.28. The van der Waals surface area contributed by atoms with Crippen molar-refractivity contribution in [2.75, 3.05) is 11.2 Å². The Labute approximate surface area is 180 Å². The second-order valence-corrected chi connectivity index (χ2v) is 9.25. The molecule has 7 nitrogen and oxygen atoms in total. The fourth-order valence-electron chi connectivity index (χ4n) is 2.80. The molecule has 3 N–H and O–H groups in total. The molecule has 0 aliphatic carbocycles. The number of nitrogen functional groups attached to an aromatic ring is 1. The maximum Gasteiger partial charge on any atom is 0.237 e. The Hall–Kier alpha value is -3.31. The first-order valence-electron chi connectivity index (χ1n) is 9.48. The van der Waals surface area contributed by atoms with Gasteiger partial charge in [-0.1, -0.05) is 62.9 Å². The Kier molecular flexibility index (Phi) is 6.13. The van der Waals surface area contributed by atoms with E-state index in [0.29, 0.717) is 22.2 Å². The molecule has 1 heterocycles. The van der Waals surface area contributed by atoms with Gasteiger partial charge < -0.3 is 11.2 Å². The van der Waals surface area contributed by atoms with E-state index < -0.39 is 5.25 Å². The molecule has 154 valence electrons. The Morgan fingerprint density at radius 1 is 1.20 bits per heavy atom. The molecule has 1 amide bonds. The van der Waals surface area contributed by atoms with E-state index in [4.69, 9.17) is 11.1 Å². The summed E-state index contributed by atoms with van der Waals surface area (Å²) in [6, 6.07) is 16.9. The van der Waals surface area contributed by atoms with E-state index in [9.17, 15) is 4.79 Å². The molecule has 2 aromatic carbocycles.